The van der Waals surface area contributed by atoms with E-state index in [1.54, 1.807) is 0 Å². The minimum Gasteiger partial charge on any atom is -0.354 e. The first-order valence-corrected chi connectivity index (χ1v) is 10.9. The molecule has 1 amide bonds. The highest BCUT2D eigenvalue weighted by Crippen LogP contribution is 2.35. The van der Waals surface area contributed by atoms with Crippen molar-refractivity contribution in [2.45, 2.75) is 18.9 Å². The zero-order valence-electron chi connectivity index (χ0n) is 18.0. The minimum atomic E-state index is -0.249. The standard InChI is InChI=1S/C23H23N9O/c1-2-20(33)27-16-4-5-18-19(10-16)22(31-7-3-8-31)30-29-21(18)32-9-6-17(14-32)28-23-25-12-15(11-24)13-26-23/h2,4-5,10,12-13,17H,1,3,6-9,14H2,(H,27,33)(H,25,26,28)/t17-/m1/s1. The van der Waals surface area contributed by atoms with Crippen LogP contribution in [0.1, 0.15) is 18.4 Å². The SMILES string of the molecule is C=CC(=O)Nc1ccc2c(N3CC[C@@H](Nc4ncc(C#N)cn4)C3)nnc(N3CCC3)c2c1. The summed E-state index contributed by atoms with van der Waals surface area (Å²) in [4.78, 5) is 24.6. The number of hydrogen-bond donors (Lipinski definition) is 2. The first-order chi connectivity index (χ1) is 16.1. The molecule has 0 bridgehead atoms. The number of nitrogens with one attached hydrogen (secondary N) is 2. The van der Waals surface area contributed by atoms with Crippen molar-refractivity contribution in [3.63, 3.8) is 0 Å². The lowest BCUT2D eigenvalue weighted by molar-refractivity contribution is -0.111. The van der Waals surface area contributed by atoms with Crippen molar-refractivity contribution < 1.29 is 4.79 Å². The van der Waals surface area contributed by atoms with Gasteiger partial charge in [-0.05, 0) is 37.1 Å². The number of carbonyl (C=O) groups excluding carboxylic acids is 1. The van der Waals surface area contributed by atoms with Gasteiger partial charge in [0.25, 0.3) is 0 Å². The first kappa shape index (κ1) is 20.6. The van der Waals surface area contributed by atoms with E-state index in [0.29, 0.717) is 17.2 Å². The number of hydrogen-bond acceptors (Lipinski definition) is 9. The van der Waals surface area contributed by atoms with Crippen molar-refractivity contribution in [2.24, 2.45) is 0 Å². The van der Waals surface area contributed by atoms with E-state index in [2.05, 4.69) is 47.2 Å². The van der Waals surface area contributed by atoms with Crippen LogP contribution in [0.3, 0.4) is 0 Å². The van der Waals surface area contributed by atoms with Crippen LogP contribution >= 0.6 is 0 Å². The van der Waals surface area contributed by atoms with E-state index in [-0.39, 0.29) is 11.9 Å². The Bertz CT molecular complexity index is 1250. The van der Waals surface area contributed by atoms with Gasteiger partial charge >= 0.3 is 0 Å². The van der Waals surface area contributed by atoms with Crippen LogP contribution < -0.4 is 20.4 Å². The molecule has 10 heteroatoms. The molecule has 2 aliphatic rings. The van der Waals surface area contributed by atoms with Gasteiger partial charge in [-0.25, -0.2) is 9.97 Å². The van der Waals surface area contributed by atoms with Crippen LogP contribution in [0.15, 0.2) is 43.2 Å². The smallest absolute Gasteiger partial charge is 0.247 e. The number of amides is 1. The molecule has 5 rings (SSSR count). The van der Waals surface area contributed by atoms with Crippen molar-refractivity contribution in [1.29, 1.82) is 5.26 Å². The highest BCUT2D eigenvalue weighted by atomic mass is 16.1. The second-order valence-electron chi connectivity index (χ2n) is 8.12. The lowest BCUT2D eigenvalue weighted by Crippen LogP contribution is -2.38. The molecule has 3 aromatic rings. The summed E-state index contributed by atoms with van der Waals surface area (Å²) in [6, 6.07) is 8.00. The Morgan fingerprint density at radius 3 is 2.55 bits per heavy atom. The quantitative estimate of drug-likeness (QED) is 0.555. The molecule has 2 aromatic heterocycles. The van der Waals surface area contributed by atoms with Gasteiger partial charge in [0.1, 0.15) is 6.07 Å². The summed E-state index contributed by atoms with van der Waals surface area (Å²) in [5, 5.41) is 26.2. The van der Waals surface area contributed by atoms with E-state index in [1.807, 2.05) is 24.3 Å². The third-order valence-electron chi connectivity index (χ3n) is 5.95. The molecule has 1 aromatic carbocycles. The minimum absolute atomic E-state index is 0.149. The van der Waals surface area contributed by atoms with Crippen molar-refractivity contribution in [3.05, 3.63) is 48.8 Å². The summed E-state index contributed by atoms with van der Waals surface area (Å²) in [6.07, 6.45) is 6.31. The van der Waals surface area contributed by atoms with Crippen molar-refractivity contribution >= 4 is 40.0 Å². The van der Waals surface area contributed by atoms with Gasteiger partial charge in [-0.2, -0.15) is 5.26 Å². The third-order valence-corrected chi connectivity index (χ3v) is 5.95. The lowest BCUT2D eigenvalue weighted by atomic mass is 10.1. The van der Waals surface area contributed by atoms with E-state index < -0.39 is 0 Å². The lowest BCUT2D eigenvalue weighted by Gasteiger charge is -2.33. The molecule has 2 saturated heterocycles. The van der Waals surface area contributed by atoms with Gasteiger partial charge in [0.15, 0.2) is 11.6 Å². The summed E-state index contributed by atoms with van der Waals surface area (Å²) in [5.41, 5.74) is 1.13. The van der Waals surface area contributed by atoms with E-state index >= 15 is 0 Å². The van der Waals surface area contributed by atoms with Crippen LogP contribution in [0, 0.1) is 11.3 Å². The number of carbonyl (C=O) groups is 1. The Kier molecular flexibility index (Phi) is 5.44. The predicted molar refractivity (Wildman–Crippen MR) is 126 cm³/mol. The van der Waals surface area contributed by atoms with Gasteiger partial charge in [0.2, 0.25) is 11.9 Å². The maximum atomic E-state index is 11.8. The zero-order valence-corrected chi connectivity index (χ0v) is 18.0. The molecular formula is C23H23N9O. The Morgan fingerprint density at radius 2 is 1.88 bits per heavy atom. The van der Waals surface area contributed by atoms with Crippen LogP contribution in [-0.2, 0) is 4.79 Å². The molecule has 4 heterocycles. The summed E-state index contributed by atoms with van der Waals surface area (Å²) in [7, 11) is 0. The molecule has 0 aliphatic carbocycles. The van der Waals surface area contributed by atoms with E-state index in [0.717, 1.165) is 61.4 Å². The molecular weight excluding hydrogens is 418 g/mol. The second kappa shape index (κ2) is 8.70. The van der Waals surface area contributed by atoms with Crippen molar-refractivity contribution in [1.82, 2.24) is 20.2 Å². The van der Waals surface area contributed by atoms with E-state index in [1.165, 1.54) is 18.5 Å². The molecule has 0 spiro atoms. The Labute approximate surface area is 191 Å². The Hall–Kier alpha value is -4.26. The average molecular weight is 441 g/mol. The summed E-state index contributed by atoms with van der Waals surface area (Å²) in [6.45, 7) is 6.97. The number of aromatic nitrogens is 4. The molecule has 1 atom stereocenters. The topological polar surface area (TPSA) is 123 Å². The number of nitrogens with zero attached hydrogens (tertiary/aromatic N) is 7. The van der Waals surface area contributed by atoms with E-state index in [9.17, 15) is 4.79 Å². The van der Waals surface area contributed by atoms with Crippen molar-refractivity contribution in [2.75, 3.05) is 46.6 Å². The van der Waals surface area contributed by atoms with Crippen LogP contribution in [0.2, 0.25) is 0 Å². The average Bonchev–Trinajstić information content (AvgIpc) is 3.26. The van der Waals surface area contributed by atoms with Gasteiger partial charge < -0.3 is 20.4 Å². The normalized spacial score (nSPS) is 17.4. The van der Waals surface area contributed by atoms with Crippen LogP contribution in [0.25, 0.3) is 10.8 Å². The Balaban J connectivity index is 1.41. The highest BCUT2D eigenvalue weighted by Gasteiger charge is 2.28. The second-order valence-corrected chi connectivity index (χ2v) is 8.12. The maximum Gasteiger partial charge on any atom is 0.247 e. The molecule has 2 aliphatic heterocycles. The van der Waals surface area contributed by atoms with Crippen LogP contribution in [0.5, 0.6) is 0 Å². The van der Waals surface area contributed by atoms with Crippen molar-refractivity contribution in [3.8, 4) is 6.07 Å². The molecule has 0 unspecified atom stereocenters. The van der Waals surface area contributed by atoms with Gasteiger partial charge in [0, 0.05) is 48.7 Å². The van der Waals surface area contributed by atoms with Gasteiger partial charge in [0.05, 0.1) is 18.0 Å². The van der Waals surface area contributed by atoms with Gasteiger partial charge in [-0.15, -0.1) is 10.2 Å². The number of nitriles is 1. The molecule has 2 N–H and O–H groups in total. The third kappa shape index (κ3) is 4.13. The molecule has 0 radical (unpaired) electrons. The molecule has 33 heavy (non-hydrogen) atoms. The predicted octanol–water partition coefficient (Wildman–Crippen LogP) is 2.32. The number of fused-ring (bicyclic) bond motifs is 1. The van der Waals surface area contributed by atoms with Crippen LogP contribution in [0.4, 0.5) is 23.3 Å². The van der Waals surface area contributed by atoms with Crippen LogP contribution in [-0.4, -0.2) is 58.3 Å². The molecule has 166 valence electrons. The fraction of sp³-hybridized carbons (Fsp3) is 0.304. The maximum absolute atomic E-state index is 11.8. The summed E-state index contributed by atoms with van der Waals surface area (Å²) < 4.78 is 0. The fourth-order valence-electron chi connectivity index (χ4n) is 4.11. The summed E-state index contributed by atoms with van der Waals surface area (Å²) >= 11 is 0. The van der Waals surface area contributed by atoms with Gasteiger partial charge in [-0.3, -0.25) is 4.79 Å². The number of anilines is 4. The molecule has 10 nitrogen and oxygen atoms in total. The molecule has 0 saturated carbocycles. The van der Waals surface area contributed by atoms with E-state index in [4.69, 9.17) is 5.26 Å². The fourth-order valence-corrected chi connectivity index (χ4v) is 4.11. The number of rotatable bonds is 6. The first-order valence-electron chi connectivity index (χ1n) is 10.9. The molecule has 2 fully saturated rings. The summed E-state index contributed by atoms with van der Waals surface area (Å²) in [5.74, 6) is 1.92. The largest absolute Gasteiger partial charge is 0.354 e. The number of benzene rings is 1. The Morgan fingerprint density at radius 1 is 1.12 bits per heavy atom. The monoisotopic (exact) mass is 441 g/mol. The van der Waals surface area contributed by atoms with Gasteiger partial charge in [-0.1, -0.05) is 6.58 Å². The highest BCUT2D eigenvalue weighted by molar-refractivity contribution is 6.04. The zero-order chi connectivity index (χ0) is 22.8.